The molecule has 0 saturated carbocycles. The summed E-state index contributed by atoms with van der Waals surface area (Å²) in [5, 5.41) is 11.6. The van der Waals surface area contributed by atoms with Crippen molar-refractivity contribution in [2.24, 2.45) is 5.92 Å². The summed E-state index contributed by atoms with van der Waals surface area (Å²) in [6.07, 6.45) is 0. The first-order valence-corrected chi connectivity index (χ1v) is 6.96. The van der Waals surface area contributed by atoms with Gasteiger partial charge in [0.25, 0.3) is 0 Å². The summed E-state index contributed by atoms with van der Waals surface area (Å²) in [6.45, 7) is 7.68. The van der Waals surface area contributed by atoms with E-state index < -0.39 is 41.9 Å². The van der Waals surface area contributed by atoms with Crippen LogP contribution in [0, 0.1) is 17.2 Å². The number of amides is 5. The van der Waals surface area contributed by atoms with E-state index in [1.807, 2.05) is 6.07 Å². The molecular formula is C14H20N4O4. The van der Waals surface area contributed by atoms with E-state index in [0.717, 1.165) is 4.90 Å². The fourth-order valence-electron chi connectivity index (χ4n) is 1.89. The third-order valence-electron chi connectivity index (χ3n) is 3.69. The molecule has 8 heteroatoms. The van der Waals surface area contributed by atoms with E-state index in [1.165, 1.54) is 0 Å². The Kier molecular flexibility index (Phi) is 4.91. The van der Waals surface area contributed by atoms with Gasteiger partial charge in [-0.2, -0.15) is 5.26 Å². The number of imide groups is 2. The van der Waals surface area contributed by atoms with Crippen molar-refractivity contribution in [3.63, 3.8) is 0 Å². The van der Waals surface area contributed by atoms with Gasteiger partial charge >= 0.3 is 17.8 Å². The predicted molar refractivity (Wildman–Crippen MR) is 76.1 cm³/mol. The van der Waals surface area contributed by atoms with Gasteiger partial charge in [-0.3, -0.25) is 19.3 Å². The van der Waals surface area contributed by atoms with Crippen LogP contribution in [-0.4, -0.2) is 51.7 Å². The topological polar surface area (TPSA) is 111 Å². The van der Waals surface area contributed by atoms with Gasteiger partial charge in [-0.1, -0.05) is 13.8 Å². The van der Waals surface area contributed by atoms with Crippen LogP contribution in [0.5, 0.6) is 0 Å². The second kappa shape index (κ2) is 6.13. The summed E-state index contributed by atoms with van der Waals surface area (Å²) < 4.78 is 0. The maximum atomic E-state index is 12.0. The van der Waals surface area contributed by atoms with Crippen molar-refractivity contribution >= 4 is 23.8 Å². The summed E-state index contributed by atoms with van der Waals surface area (Å²) in [7, 11) is 0. The highest BCUT2D eigenvalue weighted by atomic mass is 16.2. The number of nitrogens with zero attached hydrogens (tertiary/aromatic N) is 3. The lowest BCUT2D eigenvalue weighted by Crippen LogP contribution is -2.52. The lowest BCUT2D eigenvalue weighted by Gasteiger charge is -2.28. The molecule has 22 heavy (non-hydrogen) atoms. The smallest absolute Gasteiger partial charge is 0.334 e. The summed E-state index contributed by atoms with van der Waals surface area (Å²) in [4.78, 5) is 49.0. The Morgan fingerprint density at radius 1 is 1.23 bits per heavy atom. The van der Waals surface area contributed by atoms with Gasteiger partial charge in [-0.25, -0.2) is 9.69 Å². The molecule has 5 amide bonds. The maximum Gasteiger partial charge on any atom is 0.334 e. The Balaban J connectivity index is 2.86. The van der Waals surface area contributed by atoms with Crippen LogP contribution in [0.4, 0.5) is 4.79 Å². The normalized spacial score (nSPS) is 18.0. The molecule has 0 aliphatic carbocycles. The van der Waals surface area contributed by atoms with Crippen LogP contribution in [0.25, 0.3) is 0 Å². The number of carbonyl (C=O) groups is 4. The number of hydrogen-bond acceptors (Lipinski definition) is 5. The molecule has 0 bridgehead atoms. The third kappa shape index (κ3) is 3.08. The second-order valence-corrected chi connectivity index (χ2v) is 5.96. The molecule has 1 heterocycles. The molecule has 0 aromatic carbocycles. The zero-order valence-electron chi connectivity index (χ0n) is 13.3. The molecule has 0 unspecified atom stereocenters. The van der Waals surface area contributed by atoms with Gasteiger partial charge in [0, 0.05) is 6.04 Å². The highest BCUT2D eigenvalue weighted by Crippen LogP contribution is 2.17. The van der Waals surface area contributed by atoms with Crippen molar-refractivity contribution in [2.75, 3.05) is 6.54 Å². The summed E-state index contributed by atoms with van der Waals surface area (Å²) in [6, 6.07) is 0.703. The largest absolute Gasteiger partial charge is 0.336 e. The molecule has 0 radical (unpaired) electrons. The Bertz CT molecular complexity index is 564. The Hall–Kier alpha value is -2.43. The zero-order chi connectivity index (χ0) is 17.2. The van der Waals surface area contributed by atoms with Gasteiger partial charge in [0.1, 0.15) is 12.1 Å². The zero-order valence-corrected chi connectivity index (χ0v) is 13.3. The first-order chi connectivity index (χ1) is 10.0. The molecule has 1 rings (SSSR count). The SMILES string of the molecule is CC(C)N1C(=O)C(=O)N(CC(=O)N[C@@](C)(C#N)C(C)C)C1=O. The van der Waals surface area contributed by atoms with Crippen LogP contribution in [0.2, 0.25) is 0 Å². The first kappa shape index (κ1) is 17.6. The van der Waals surface area contributed by atoms with Crippen molar-refractivity contribution < 1.29 is 19.2 Å². The monoisotopic (exact) mass is 308 g/mol. The van der Waals surface area contributed by atoms with Crippen molar-refractivity contribution in [1.82, 2.24) is 15.1 Å². The van der Waals surface area contributed by atoms with E-state index >= 15 is 0 Å². The second-order valence-electron chi connectivity index (χ2n) is 5.96. The van der Waals surface area contributed by atoms with Crippen molar-refractivity contribution in [3.8, 4) is 6.07 Å². The van der Waals surface area contributed by atoms with Gasteiger partial charge in [-0.05, 0) is 26.7 Å². The van der Waals surface area contributed by atoms with Crippen LogP contribution >= 0.6 is 0 Å². The molecule has 120 valence electrons. The molecule has 1 saturated heterocycles. The summed E-state index contributed by atoms with van der Waals surface area (Å²) >= 11 is 0. The molecule has 1 atom stereocenters. The summed E-state index contributed by atoms with van der Waals surface area (Å²) in [5.74, 6) is -2.81. The van der Waals surface area contributed by atoms with E-state index in [0.29, 0.717) is 4.90 Å². The standard InChI is InChI=1S/C14H20N4O4/c1-8(2)14(5,7-15)16-10(19)6-17-11(20)12(21)18(9(3)4)13(17)22/h8-9H,6H2,1-5H3,(H,16,19)/t14-/m0/s1. The number of urea groups is 1. The number of rotatable bonds is 5. The average Bonchev–Trinajstić information content (AvgIpc) is 2.62. The number of nitriles is 1. The van der Waals surface area contributed by atoms with E-state index in [9.17, 15) is 19.2 Å². The van der Waals surface area contributed by atoms with Crippen LogP contribution < -0.4 is 5.32 Å². The molecule has 0 aromatic rings. The van der Waals surface area contributed by atoms with Gasteiger partial charge in [0.05, 0.1) is 6.07 Å². The van der Waals surface area contributed by atoms with E-state index in [4.69, 9.17) is 5.26 Å². The van der Waals surface area contributed by atoms with E-state index in [-0.39, 0.29) is 5.92 Å². The molecule has 0 spiro atoms. The molecule has 0 aromatic heterocycles. The molecular weight excluding hydrogens is 288 g/mol. The molecule has 8 nitrogen and oxygen atoms in total. The third-order valence-corrected chi connectivity index (χ3v) is 3.69. The fraction of sp³-hybridized carbons (Fsp3) is 0.643. The van der Waals surface area contributed by atoms with Crippen molar-refractivity contribution in [2.45, 2.75) is 46.2 Å². The number of carbonyl (C=O) groups excluding carboxylic acids is 4. The quantitative estimate of drug-likeness (QED) is 0.578. The maximum absolute atomic E-state index is 12.0. The van der Waals surface area contributed by atoms with Crippen molar-refractivity contribution in [3.05, 3.63) is 0 Å². The Morgan fingerprint density at radius 2 is 1.77 bits per heavy atom. The highest BCUT2D eigenvalue weighted by molar-refractivity contribution is 6.45. The van der Waals surface area contributed by atoms with Gasteiger partial charge in [-0.15, -0.1) is 0 Å². The minimum atomic E-state index is -1.12. The number of hydrogen-bond donors (Lipinski definition) is 1. The minimum absolute atomic E-state index is 0.166. The van der Waals surface area contributed by atoms with E-state index in [2.05, 4.69) is 5.32 Å². The highest BCUT2D eigenvalue weighted by Gasteiger charge is 2.46. The number of nitrogens with one attached hydrogen (secondary N) is 1. The van der Waals surface area contributed by atoms with Gasteiger partial charge < -0.3 is 5.32 Å². The van der Waals surface area contributed by atoms with Crippen LogP contribution in [0.15, 0.2) is 0 Å². The molecule has 1 fully saturated rings. The van der Waals surface area contributed by atoms with Gasteiger partial charge in [0.2, 0.25) is 5.91 Å². The fourth-order valence-corrected chi connectivity index (χ4v) is 1.89. The Labute approximate surface area is 129 Å². The van der Waals surface area contributed by atoms with Crippen LogP contribution in [0.1, 0.15) is 34.6 Å². The average molecular weight is 308 g/mol. The first-order valence-electron chi connectivity index (χ1n) is 6.96. The molecule has 1 aliphatic rings. The van der Waals surface area contributed by atoms with Crippen LogP contribution in [0.3, 0.4) is 0 Å². The van der Waals surface area contributed by atoms with E-state index in [1.54, 1.807) is 34.6 Å². The lowest BCUT2D eigenvalue weighted by atomic mass is 9.90. The Morgan fingerprint density at radius 3 is 2.14 bits per heavy atom. The predicted octanol–water partition coefficient (Wildman–Crippen LogP) is 0.240. The lowest BCUT2D eigenvalue weighted by molar-refractivity contribution is -0.144. The summed E-state index contributed by atoms with van der Waals surface area (Å²) in [5.41, 5.74) is -1.12. The minimum Gasteiger partial charge on any atom is -0.336 e. The molecule has 1 aliphatic heterocycles. The van der Waals surface area contributed by atoms with Crippen molar-refractivity contribution in [1.29, 1.82) is 5.26 Å². The van der Waals surface area contributed by atoms with Crippen LogP contribution in [-0.2, 0) is 14.4 Å². The molecule has 1 N–H and O–H groups in total. The van der Waals surface area contributed by atoms with Gasteiger partial charge in [0.15, 0.2) is 0 Å².